The van der Waals surface area contributed by atoms with Gasteiger partial charge in [-0.3, -0.25) is 0 Å². The maximum Gasteiger partial charge on any atom is 1.00 e. The summed E-state index contributed by atoms with van der Waals surface area (Å²) in [4.78, 5) is 12.6. The molecule has 0 amide bonds. The van der Waals surface area contributed by atoms with Crippen LogP contribution in [0.25, 0.3) is 0 Å². The summed E-state index contributed by atoms with van der Waals surface area (Å²) in [6, 6.07) is 14.2. The van der Waals surface area contributed by atoms with Crippen LogP contribution in [0.2, 0.25) is 0 Å². The molecule has 0 unspecified atom stereocenters. The summed E-state index contributed by atoms with van der Waals surface area (Å²) < 4.78 is 0. The normalized spacial score (nSPS) is 11.5. The quantitative estimate of drug-likeness (QED) is 0.626. The fourth-order valence-electron chi connectivity index (χ4n) is 2.41. The Bertz CT molecular complexity index is 634. The third-order valence-electron chi connectivity index (χ3n) is 3.60. The van der Waals surface area contributed by atoms with Crippen LogP contribution in [-0.4, -0.2) is 5.52 Å². The van der Waals surface area contributed by atoms with Gasteiger partial charge in [-0.1, -0.05) is 63.2 Å². The summed E-state index contributed by atoms with van der Waals surface area (Å²) in [5, 5.41) is 1.04. The molecule has 0 N–H and O–H groups in total. The van der Waals surface area contributed by atoms with Gasteiger partial charge in [0.1, 0.15) is 0 Å². The molecule has 0 saturated carbocycles. The summed E-state index contributed by atoms with van der Waals surface area (Å²) in [5.41, 5.74) is 4.59. The molecule has 1 nitrogen and oxygen atoms in total. The van der Waals surface area contributed by atoms with Crippen LogP contribution in [0.15, 0.2) is 42.5 Å². The molecule has 0 spiro atoms. The molecule has 0 bridgehead atoms. The predicted molar refractivity (Wildman–Crippen MR) is 91.9 cm³/mol. The molecule has 3 heteroatoms. The first-order chi connectivity index (χ1) is 9.79. The number of hydrogen-bond acceptors (Lipinski definition) is 1. The van der Waals surface area contributed by atoms with Crippen molar-refractivity contribution in [1.82, 2.24) is 0 Å². The Kier molecular flexibility index (Phi) is 6.63. The Morgan fingerprint density at radius 2 is 1.45 bits per heavy atom. The van der Waals surface area contributed by atoms with Crippen LogP contribution in [0, 0.1) is 13.8 Å². The number of aryl methyl sites for hydroxylation is 2. The first-order valence-electron chi connectivity index (χ1n) is 7.22. The minimum atomic E-state index is 0. The summed E-state index contributed by atoms with van der Waals surface area (Å²) in [6.07, 6.45) is 0. The van der Waals surface area contributed by atoms with Gasteiger partial charge in [0.25, 0.3) is 0 Å². The van der Waals surface area contributed by atoms with Crippen LogP contribution in [0.4, 0.5) is 0 Å². The molecule has 0 aliphatic heterocycles. The minimum Gasteiger partial charge on any atom is -0.426 e. The Morgan fingerprint density at radius 3 is 1.91 bits per heavy atom. The molecule has 22 heavy (non-hydrogen) atoms. The average molecular weight is 304 g/mol. The molecular formula is C19H22LiOP. The molecule has 0 aliphatic carbocycles. The van der Waals surface area contributed by atoms with E-state index in [1.807, 2.05) is 44.2 Å². The summed E-state index contributed by atoms with van der Waals surface area (Å²) >= 11 is 0. The molecule has 0 fully saturated rings. The van der Waals surface area contributed by atoms with Crippen LogP contribution in [0.1, 0.15) is 47.8 Å². The second kappa shape index (κ2) is 7.61. The number of hydrogen-bond donors (Lipinski definition) is 0. The summed E-state index contributed by atoms with van der Waals surface area (Å²) in [6.45, 7) is 10.7. The van der Waals surface area contributed by atoms with E-state index in [0.29, 0.717) is 0 Å². The van der Waals surface area contributed by atoms with E-state index in [1.54, 1.807) is 0 Å². The second-order valence-corrected chi connectivity index (χ2v) is 7.63. The van der Waals surface area contributed by atoms with Crippen LogP contribution >= 0.6 is 8.58 Å². The van der Waals surface area contributed by atoms with E-state index in [0.717, 1.165) is 30.6 Å². The fourth-order valence-corrected chi connectivity index (χ4v) is 3.43. The van der Waals surface area contributed by atoms with Crippen LogP contribution in [0.5, 0.6) is 0 Å². The number of carbonyl (C=O) groups is 1. The zero-order valence-corrected chi connectivity index (χ0v) is 15.3. The third-order valence-corrected chi connectivity index (χ3v) is 4.58. The number of carbonyl (C=O) groups excluding carboxylic acids is 1. The van der Waals surface area contributed by atoms with Crippen molar-refractivity contribution in [3.8, 4) is 0 Å². The standard InChI is InChI=1S/C19H22OP.Li/c1-13-11-15(19(3,4)5)12-14(2)17(13)18(20)21-16-9-7-6-8-10-16;/h6-12H,1-5H3;/q-1;+1. The van der Waals surface area contributed by atoms with Crippen molar-refractivity contribution >= 4 is 19.4 Å². The largest absolute Gasteiger partial charge is 1.00 e. The molecule has 2 aromatic carbocycles. The molecule has 2 aromatic rings. The first kappa shape index (κ1) is 19.2. The van der Waals surface area contributed by atoms with E-state index >= 15 is 0 Å². The topological polar surface area (TPSA) is 17.1 Å². The smallest absolute Gasteiger partial charge is 0.426 e. The fraction of sp³-hybridized carbons (Fsp3) is 0.316. The monoisotopic (exact) mass is 304 g/mol. The van der Waals surface area contributed by atoms with Crippen LogP contribution < -0.4 is 24.2 Å². The van der Waals surface area contributed by atoms with Crippen molar-refractivity contribution in [2.45, 2.75) is 40.0 Å². The van der Waals surface area contributed by atoms with Crippen molar-refractivity contribution in [2.24, 2.45) is 0 Å². The Hall–Kier alpha value is -0.863. The van der Waals surface area contributed by atoms with E-state index < -0.39 is 0 Å². The Labute approximate surface area is 147 Å². The van der Waals surface area contributed by atoms with E-state index in [1.165, 1.54) is 5.56 Å². The van der Waals surface area contributed by atoms with Gasteiger partial charge >= 0.3 is 18.9 Å². The third kappa shape index (κ3) is 4.56. The van der Waals surface area contributed by atoms with Gasteiger partial charge in [0.15, 0.2) is 0 Å². The Morgan fingerprint density at radius 1 is 0.955 bits per heavy atom. The van der Waals surface area contributed by atoms with Crippen molar-refractivity contribution < 1.29 is 23.7 Å². The molecule has 0 aliphatic rings. The molecule has 0 radical (unpaired) electrons. The van der Waals surface area contributed by atoms with Gasteiger partial charge in [0, 0.05) is 5.52 Å². The Balaban J connectivity index is 0.00000242. The van der Waals surface area contributed by atoms with Gasteiger partial charge in [-0.25, -0.2) is 0 Å². The molecular weight excluding hydrogens is 282 g/mol. The maximum atomic E-state index is 12.6. The van der Waals surface area contributed by atoms with Crippen molar-refractivity contribution in [3.05, 3.63) is 64.7 Å². The minimum absolute atomic E-state index is 0. The predicted octanol–water partition coefficient (Wildman–Crippen LogP) is 2.02. The molecule has 0 saturated heterocycles. The zero-order chi connectivity index (χ0) is 15.6. The van der Waals surface area contributed by atoms with Crippen molar-refractivity contribution in [3.63, 3.8) is 0 Å². The molecule has 110 valence electrons. The van der Waals surface area contributed by atoms with E-state index in [9.17, 15) is 4.79 Å². The van der Waals surface area contributed by atoms with Gasteiger partial charge in [0.05, 0.1) is 0 Å². The zero-order valence-electron chi connectivity index (χ0n) is 14.4. The van der Waals surface area contributed by atoms with E-state index in [2.05, 4.69) is 32.9 Å². The van der Waals surface area contributed by atoms with Crippen LogP contribution in [0.3, 0.4) is 0 Å². The average Bonchev–Trinajstić information content (AvgIpc) is 2.37. The number of benzene rings is 2. The van der Waals surface area contributed by atoms with Gasteiger partial charge in [-0.15, -0.1) is 0 Å². The molecule has 0 heterocycles. The van der Waals surface area contributed by atoms with E-state index in [-0.39, 0.29) is 29.8 Å². The van der Waals surface area contributed by atoms with Gasteiger partial charge < -0.3 is 13.4 Å². The molecule has 2 rings (SSSR count). The van der Waals surface area contributed by atoms with E-state index in [4.69, 9.17) is 0 Å². The SMILES string of the molecule is Cc1cc(C(C)(C)C)cc(C)c1C(=O)[P-]c1ccccc1.[Li+]. The second-order valence-electron chi connectivity index (χ2n) is 6.49. The summed E-state index contributed by atoms with van der Waals surface area (Å²) in [5.74, 6) is 0. The number of rotatable bonds is 3. The molecule has 0 aromatic heterocycles. The first-order valence-corrected chi connectivity index (χ1v) is 8.11. The summed E-state index contributed by atoms with van der Waals surface area (Å²) in [7, 11) is 0.746. The van der Waals surface area contributed by atoms with Crippen LogP contribution in [-0.2, 0) is 5.41 Å². The van der Waals surface area contributed by atoms with Gasteiger partial charge in [-0.2, -0.15) is 5.30 Å². The van der Waals surface area contributed by atoms with Crippen molar-refractivity contribution in [1.29, 1.82) is 0 Å². The van der Waals surface area contributed by atoms with Gasteiger partial charge in [0.2, 0.25) is 0 Å². The van der Waals surface area contributed by atoms with Gasteiger partial charge in [-0.05, 0) is 41.5 Å². The molecule has 0 atom stereocenters. The van der Waals surface area contributed by atoms with Crippen molar-refractivity contribution in [2.75, 3.05) is 0 Å². The maximum absolute atomic E-state index is 12.6.